The molecule has 1 spiro atoms. The maximum Gasteiger partial charge on any atom is 0.355 e. The maximum absolute atomic E-state index is 13.2. The largest absolute Gasteiger partial charge is 0.451 e. The molecular weight excluding hydrogens is 472 g/mol. The second-order valence-electron chi connectivity index (χ2n) is 12.6. The Labute approximate surface area is 208 Å². The molecule has 0 aromatic carbocycles. The minimum atomic E-state index is -2.56. The van der Waals surface area contributed by atoms with E-state index in [1.54, 1.807) is 26.8 Å². The van der Waals surface area contributed by atoms with Gasteiger partial charge in [0.2, 0.25) is 0 Å². The number of hydroxylamine groups is 1. The summed E-state index contributed by atoms with van der Waals surface area (Å²) in [6.07, 6.45) is -0.0889. The van der Waals surface area contributed by atoms with Crippen molar-refractivity contribution in [2.75, 3.05) is 0 Å². The van der Waals surface area contributed by atoms with Crippen molar-refractivity contribution in [3.63, 3.8) is 0 Å². The van der Waals surface area contributed by atoms with Crippen LogP contribution in [-0.4, -0.2) is 87.6 Å². The Morgan fingerprint density at radius 3 is 2.44 bits per heavy atom. The normalized spacial score (nSPS) is 58.5. The average molecular weight is 509 g/mol. The molecule has 11 atom stereocenters. The fourth-order valence-electron chi connectivity index (χ4n) is 9.82. The molecule has 6 aliphatic rings. The van der Waals surface area contributed by atoms with Crippen molar-refractivity contribution in [2.45, 2.75) is 99.8 Å². The van der Waals surface area contributed by atoms with Gasteiger partial charge in [-0.15, -0.1) is 0 Å². The van der Waals surface area contributed by atoms with Crippen molar-refractivity contribution in [1.82, 2.24) is 10.5 Å². The number of carbonyl (C=O) groups excluding carboxylic acids is 1. The van der Waals surface area contributed by atoms with Crippen molar-refractivity contribution < 1.29 is 45.0 Å². The van der Waals surface area contributed by atoms with Gasteiger partial charge >= 0.3 is 5.97 Å². The Morgan fingerprint density at radius 1 is 1.22 bits per heavy atom. The lowest BCUT2D eigenvalue weighted by atomic mass is 9.52. The Morgan fingerprint density at radius 2 is 1.89 bits per heavy atom. The highest BCUT2D eigenvalue weighted by atomic mass is 16.7. The molecule has 11 heteroatoms. The van der Waals surface area contributed by atoms with E-state index in [1.807, 2.05) is 0 Å². The zero-order chi connectivity index (χ0) is 26.5. The molecule has 1 aromatic heterocycles. The molecule has 3 heterocycles. The van der Waals surface area contributed by atoms with E-state index in [0.29, 0.717) is 6.42 Å². The SMILES string of the molecule is CC(C)[C@@]1(O)[C@@H](OC(=O)c2ccc[nH]2)[C@@]2(O)[C@@]3(C)C[C@]4(O)O[C@@]5([C@@H](NO)[C@@H](C)CC[C@]35O)[C@@]2(O)[C@@]14C. The molecule has 36 heavy (non-hydrogen) atoms. The summed E-state index contributed by atoms with van der Waals surface area (Å²) in [6, 6.07) is 1.94. The fraction of sp³-hybridized carbons (Fsp3) is 0.800. The highest BCUT2D eigenvalue weighted by Crippen LogP contribution is 2.90. The number of aliphatic hydroxyl groups is 5. The number of aromatic amines is 1. The summed E-state index contributed by atoms with van der Waals surface area (Å²) in [5.74, 6) is -4.24. The molecule has 7 rings (SSSR count). The minimum Gasteiger partial charge on any atom is -0.451 e. The van der Waals surface area contributed by atoms with Crippen molar-refractivity contribution in [2.24, 2.45) is 22.7 Å². The van der Waals surface area contributed by atoms with E-state index < -0.39 is 68.7 Å². The first-order valence-corrected chi connectivity index (χ1v) is 12.6. The number of esters is 1. The first-order valence-electron chi connectivity index (χ1n) is 12.6. The second-order valence-corrected chi connectivity index (χ2v) is 12.6. The fourth-order valence-corrected chi connectivity index (χ4v) is 9.82. The van der Waals surface area contributed by atoms with Crippen LogP contribution < -0.4 is 5.48 Å². The number of carbonyl (C=O) groups is 1. The highest BCUT2D eigenvalue weighted by molar-refractivity contribution is 5.87. The Bertz CT molecular complexity index is 1150. The van der Waals surface area contributed by atoms with Crippen molar-refractivity contribution in [3.05, 3.63) is 24.0 Å². The number of aromatic nitrogens is 1. The predicted octanol–water partition coefficient (Wildman–Crippen LogP) is -0.201. The molecule has 200 valence electrons. The molecular formula is C25H36N2O9. The lowest BCUT2D eigenvalue weighted by Crippen LogP contribution is -2.77. The van der Waals surface area contributed by atoms with Crippen LogP contribution in [0.5, 0.6) is 0 Å². The van der Waals surface area contributed by atoms with Crippen LogP contribution in [0, 0.1) is 22.7 Å². The molecule has 0 amide bonds. The van der Waals surface area contributed by atoms with E-state index in [4.69, 9.17) is 9.47 Å². The van der Waals surface area contributed by atoms with Crippen LogP contribution in [0.4, 0.5) is 0 Å². The Hall–Kier alpha value is -1.57. The lowest BCUT2D eigenvalue weighted by molar-refractivity contribution is -0.384. The third-order valence-corrected chi connectivity index (χ3v) is 11.5. The van der Waals surface area contributed by atoms with Gasteiger partial charge in [0.1, 0.15) is 28.1 Å². The van der Waals surface area contributed by atoms with E-state index >= 15 is 0 Å². The van der Waals surface area contributed by atoms with Crippen LogP contribution in [0.3, 0.4) is 0 Å². The second kappa shape index (κ2) is 6.35. The average Bonchev–Trinajstić information content (AvgIpc) is 3.43. The Kier molecular flexibility index (Phi) is 4.36. The minimum absolute atomic E-state index is 0.0683. The number of H-pyrrole nitrogens is 1. The Balaban J connectivity index is 1.70. The van der Waals surface area contributed by atoms with Crippen LogP contribution in [0.15, 0.2) is 18.3 Å². The van der Waals surface area contributed by atoms with Gasteiger partial charge in [-0.1, -0.05) is 27.7 Å². The standard InChI is InChI=1S/C25H36N2O9/c1-12(2)22(31)17(35-16(28)14-7-6-10-26-14)23(32)18(4)11-21(30)19(22,5)25(23,33)24(36-21)15(27-34)13(3)8-9-20(18,24)29/h6-7,10,12-13,15,17,26-27,29-34H,8-9,11H2,1-5H3/t13-,15-,17+,18-,19+,20-,21-,22+,23+,24+,25+/m0/s1. The summed E-state index contributed by atoms with van der Waals surface area (Å²) in [4.78, 5) is 16.0. The van der Waals surface area contributed by atoms with Crippen molar-refractivity contribution in [1.29, 1.82) is 0 Å². The zero-order valence-electron chi connectivity index (χ0n) is 21.1. The number of ether oxygens (including phenoxy) is 2. The smallest absolute Gasteiger partial charge is 0.355 e. The summed E-state index contributed by atoms with van der Waals surface area (Å²) < 4.78 is 12.2. The van der Waals surface area contributed by atoms with Gasteiger partial charge in [0.25, 0.3) is 0 Å². The summed E-state index contributed by atoms with van der Waals surface area (Å²) in [5.41, 5.74) is -12.9. The number of hydrogen-bond donors (Lipinski definition) is 8. The van der Waals surface area contributed by atoms with Gasteiger partial charge in [0.05, 0.1) is 11.5 Å². The molecule has 6 fully saturated rings. The van der Waals surface area contributed by atoms with Crippen molar-refractivity contribution in [3.8, 4) is 0 Å². The van der Waals surface area contributed by atoms with E-state index in [0.717, 1.165) is 0 Å². The van der Waals surface area contributed by atoms with Gasteiger partial charge in [0.15, 0.2) is 17.5 Å². The van der Waals surface area contributed by atoms with Gasteiger partial charge in [-0.25, -0.2) is 4.79 Å². The van der Waals surface area contributed by atoms with Gasteiger partial charge in [0, 0.05) is 18.0 Å². The lowest BCUT2D eigenvalue weighted by Gasteiger charge is -2.61. The monoisotopic (exact) mass is 508 g/mol. The molecule has 2 saturated heterocycles. The molecule has 4 aliphatic carbocycles. The topological polar surface area (TPSA) is 185 Å². The maximum atomic E-state index is 13.2. The van der Waals surface area contributed by atoms with Crippen LogP contribution >= 0.6 is 0 Å². The van der Waals surface area contributed by atoms with E-state index in [9.17, 15) is 35.5 Å². The van der Waals surface area contributed by atoms with E-state index in [2.05, 4.69) is 10.5 Å². The quantitative estimate of drug-likeness (QED) is 0.200. The molecule has 4 saturated carbocycles. The molecule has 1 aromatic rings. The third kappa shape index (κ3) is 1.80. The summed E-state index contributed by atoms with van der Waals surface area (Å²) in [6.45, 7) is 8.01. The van der Waals surface area contributed by atoms with Gasteiger partial charge in [-0.3, -0.25) is 0 Å². The first-order chi connectivity index (χ1) is 16.6. The van der Waals surface area contributed by atoms with Gasteiger partial charge < -0.3 is 45.2 Å². The van der Waals surface area contributed by atoms with Gasteiger partial charge in [-0.2, -0.15) is 5.48 Å². The molecule has 6 bridgehead atoms. The molecule has 0 unspecified atom stereocenters. The van der Waals surface area contributed by atoms with E-state index in [1.165, 1.54) is 26.1 Å². The van der Waals surface area contributed by atoms with E-state index in [-0.39, 0.29) is 24.5 Å². The molecule has 11 nitrogen and oxygen atoms in total. The van der Waals surface area contributed by atoms with Crippen LogP contribution in [0.2, 0.25) is 0 Å². The third-order valence-electron chi connectivity index (χ3n) is 11.5. The van der Waals surface area contributed by atoms with Crippen LogP contribution in [0.1, 0.15) is 64.4 Å². The molecule has 2 aliphatic heterocycles. The summed E-state index contributed by atoms with van der Waals surface area (Å²) in [7, 11) is 0. The van der Waals surface area contributed by atoms with Crippen molar-refractivity contribution >= 4 is 5.97 Å². The van der Waals surface area contributed by atoms with Gasteiger partial charge in [-0.05, 0) is 43.7 Å². The zero-order valence-corrected chi connectivity index (χ0v) is 21.1. The van der Waals surface area contributed by atoms with Crippen LogP contribution in [-0.2, 0) is 9.47 Å². The summed E-state index contributed by atoms with van der Waals surface area (Å²) >= 11 is 0. The molecule has 0 radical (unpaired) electrons. The number of rotatable bonds is 4. The molecule has 8 N–H and O–H groups in total. The first kappa shape index (κ1) is 24.7. The highest BCUT2D eigenvalue weighted by Gasteiger charge is 3.10. The number of hydrogen-bond acceptors (Lipinski definition) is 10. The summed E-state index contributed by atoms with van der Waals surface area (Å²) in [5, 5.41) is 73.2. The van der Waals surface area contributed by atoms with Crippen LogP contribution in [0.25, 0.3) is 0 Å². The predicted molar refractivity (Wildman–Crippen MR) is 121 cm³/mol. The number of nitrogens with one attached hydrogen (secondary N) is 2.